The van der Waals surface area contributed by atoms with Gasteiger partial charge in [-0.15, -0.1) is 10.2 Å². The van der Waals surface area contributed by atoms with Gasteiger partial charge in [-0.25, -0.2) is 0 Å². The Morgan fingerprint density at radius 2 is 1.77 bits per heavy atom. The first-order chi connectivity index (χ1) is 14.6. The molecule has 30 heavy (non-hydrogen) atoms. The number of aryl methyl sites for hydroxylation is 1. The molecule has 0 unspecified atom stereocenters. The van der Waals surface area contributed by atoms with Crippen LogP contribution in [0.4, 0.5) is 10.8 Å². The Bertz CT molecular complexity index is 1220. The number of fused-ring (bicyclic) bond motifs is 1. The minimum absolute atomic E-state index is 0.123. The van der Waals surface area contributed by atoms with Gasteiger partial charge in [-0.1, -0.05) is 71.6 Å². The molecule has 6 nitrogen and oxygen atoms in total. The lowest BCUT2D eigenvalue weighted by molar-refractivity contribution is -0.113. The summed E-state index contributed by atoms with van der Waals surface area (Å²) in [7, 11) is 0. The molecule has 150 valence electrons. The van der Waals surface area contributed by atoms with Crippen molar-refractivity contribution in [2.24, 2.45) is 0 Å². The van der Waals surface area contributed by atoms with Crippen LogP contribution in [-0.2, 0) is 4.79 Å². The van der Waals surface area contributed by atoms with Gasteiger partial charge in [0.1, 0.15) is 0 Å². The van der Waals surface area contributed by atoms with Gasteiger partial charge in [-0.05, 0) is 41.5 Å². The zero-order valence-corrected chi connectivity index (χ0v) is 17.7. The van der Waals surface area contributed by atoms with Gasteiger partial charge < -0.3 is 5.32 Å². The molecular weight excluding hydrogens is 416 g/mol. The van der Waals surface area contributed by atoms with Crippen LogP contribution in [0, 0.1) is 6.92 Å². The summed E-state index contributed by atoms with van der Waals surface area (Å²) >= 11 is 2.52. The highest BCUT2D eigenvalue weighted by atomic mass is 32.2. The summed E-state index contributed by atoms with van der Waals surface area (Å²) in [6, 6.07) is 21.0. The van der Waals surface area contributed by atoms with E-state index in [1.165, 1.54) is 23.1 Å². The minimum atomic E-state index is -0.239. The number of aromatic nitrogens is 2. The van der Waals surface area contributed by atoms with E-state index in [9.17, 15) is 9.59 Å². The Kier molecular flexibility index (Phi) is 6.06. The van der Waals surface area contributed by atoms with Crippen molar-refractivity contribution in [3.05, 3.63) is 77.9 Å². The SMILES string of the molecule is Cc1cccc(NC(=O)CSc2nnc(NC(=O)c3cccc4ccccc34)s2)c1. The van der Waals surface area contributed by atoms with Crippen LogP contribution in [0.25, 0.3) is 10.8 Å². The van der Waals surface area contributed by atoms with Gasteiger partial charge in [0.25, 0.3) is 5.91 Å². The number of hydrogen-bond acceptors (Lipinski definition) is 6. The maximum atomic E-state index is 12.7. The van der Waals surface area contributed by atoms with Crippen molar-refractivity contribution >= 4 is 56.5 Å². The Labute approximate surface area is 181 Å². The standard InChI is InChI=1S/C22H18N4O2S2/c1-14-6-4-9-16(12-14)23-19(27)13-29-22-26-25-21(30-22)24-20(28)18-11-5-8-15-7-2-3-10-17(15)18/h2-12H,13H2,1H3,(H,23,27)(H,24,25,28). The summed E-state index contributed by atoms with van der Waals surface area (Å²) in [6.45, 7) is 1.97. The molecule has 0 aliphatic carbocycles. The van der Waals surface area contributed by atoms with E-state index in [0.717, 1.165) is 22.0 Å². The number of nitrogens with one attached hydrogen (secondary N) is 2. The van der Waals surface area contributed by atoms with Gasteiger partial charge in [-0.3, -0.25) is 14.9 Å². The van der Waals surface area contributed by atoms with E-state index in [-0.39, 0.29) is 17.6 Å². The van der Waals surface area contributed by atoms with Crippen molar-refractivity contribution in [2.45, 2.75) is 11.3 Å². The number of thioether (sulfide) groups is 1. The van der Waals surface area contributed by atoms with Crippen LogP contribution in [0.5, 0.6) is 0 Å². The summed E-state index contributed by atoms with van der Waals surface area (Å²) in [5.74, 6) is -0.154. The molecule has 0 saturated carbocycles. The van der Waals surface area contributed by atoms with Crippen molar-refractivity contribution in [3.63, 3.8) is 0 Å². The third-order valence-corrected chi connectivity index (χ3v) is 6.26. The van der Waals surface area contributed by atoms with Crippen molar-refractivity contribution in [3.8, 4) is 0 Å². The zero-order valence-electron chi connectivity index (χ0n) is 16.1. The van der Waals surface area contributed by atoms with E-state index < -0.39 is 0 Å². The predicted octanol–water partition coefficient (Wildman–Crippen LogP) is 4.98. The zero-order chi connectivity index (χ0) is 20.9. The number of carbonyl (C=O) groups is 2. The number of anilines is 2. The maximum absolute atomic E-state index is 12.7. The monoisotopic (exact) mass is 434 g/mol. The third-order valence-electron chi connectivity index (χ3n) is 4.29. The molecular formula is C22H18N4O2S2. The fraction of sp³-hybridized carbons (Fsp3) is 0.0909. The predicted molar refractivity (Wildman–Crippen MR) is 122 cm³/mol. The first-order valence-electron chi connectivity index (χ1n) is 9.20. The number of amides is 2. The van der Waals surface area contributed by atoms with Crippen molar-refractivity contribution in [1.82, 2.24) is 10.2 Å². The van der Waals surface area contributed by atoms with Crippen LogP contribution in [0.15, 0.2) is 71.1 Å². The van der Waals surface area contributed by atoms with E-state index in [1.54, 1.807) is 6.07 Å². The fourth-order valence-electron chi connectivity index (χ4n) is 2.95. The number of rotatable bonds is 6. The molecule has 0 aliphatic rings. The average molecular weight is 435 g/mol. The first kappa shape index (κ1) is 20.1. The van der Waals surface area contributed by atoms with E-state index in [0.29, 0.717) is 15.0 Å². The smallest absolute Gasteiger partial charge is 0.258 e. The fourth-order valence-corrected chi connectivity index (χ4v) is 4.50. The molecule has 0 aliphatic heterocycles. The molecule has 4 rings (SSSR count). The third kappa shape index (κ3) is 4.84. The van der Waals surface area contributed by atoms with Crippen molar-refractivity contribution in [1.29, 1.82) is 0 Å². The summed E-state index contributed by atoms with van der Waals surface area (Å²) in [5.41, 5.74) is 2.42. The van der Waals surface area contributed by atoms with E-state index in [4.69, 9.17) is 0 Å². The Morgan fingerprint density at radius 3 is 2.63 bits per heavy atom. The van der Waals surface area contributed by atoms with E-state index >= 15 is 0 Å². The van der Waals surface area contributed by atoms with Gasteiger partial charge in [0, 0.05) is 11.3 Å². The molecule has 0 saturated heterocycles. The normalized spacial score (nSPS) is 10.7. The largest absolute Gasteiger partial charge is 0.325 e. The molecule has 0 fully saturated rings. The number of benzene rings is 3. The molecule has 3 aromatic carbocycles. The average Bonchev–Trinajstić information content (AvgIpc) is 3.19. The van der Waals surface area contributed by atoms with Gasteiger partial charge >= 0.3 is 0 Å². The van der Waals surface area contributed by atoms with Crippen LogP contribution in [0.3, 0.4) is 0 Å². The molecule has 1 heterocycles. The second-order valence-corrected chi connectivity index (χ2v) is 8.76. The highest BCUT2D eigenvalue weighted by Gasteiger charge is 2.14. The molecule has 0 atom stereocenters. The molecule has 2 amide bonds. The lowest BCUT2D eigenvalue weighted by atomic mass is 10.0. The van der Waals surface area contributed by atoms with Gasteiger partial charge in [0.15, 0.2) is 4.34 Å². The summed E-state index contributed by atoms with van der Waals surface area (Å²) in [6.07, 6.45) is 0. The Hall–Kier alpha value is -3.23. The van der Waals surface area contributed by atoms with Crippen LogP contribution < -0.4 is 10.6 Å². The van der Waals surface area contributed by atoms with Crippen LogP contribution >= 0.6 is 23.1 Å². The minimum Gasteiger partial charge on any atom is -0.325 e. The molecule has 1 aromatic heterocycles. The molecule has 4 aromatic rings. The second-order valence-electron chi connectivity index (χ2n) is 6.56. The summed E-state index contributed by atoms with van der Waals surface area (Å²) in [5, 5.41) is 16.0. The number of hydrogen-bond donors (Lipinski definition) is 2. The molecule has 0 bridgehead atoms. The topological polar surface area (TPSA) is 84.0 Å². The number of nitrogens with zero attached hydrogens (tertiary/aromatic N) is 2. The first-order valence-corrected chi connectivity index (χ1v) is 11.0. The van der Waals surface area contributed by atoms with Gasteiger partial charge in [-0.2, -0.15) is 0 Å². The molecule has 0 radical (unpaired) electrons. The lowest BCUT2D eigenvalue weighted by Gasteiger charge is -2.05. The molecule has 0 spiro atoms. The summed E-state index contributed by atoms with van der Waals surface area (Å²) in [4.78, 5) is 24.8. The van der Waals surface area contributed by atoms with Crippen LogP contribution in [0.2, 0.25) is 0 Å². The summed E-state index contributed by atoms with van der Waals surface area (Å²) < 4.78 is 0.614. The van der Waals surface area contributed by atoms with E-state index in [1.807, 2.05) is 67.6 Å². The van der Waals surface area contributed by atoms with Crippen molar-refractivity contribution in [2.75, 3.05) is 16.4 Å². The van der Waals surface area contributed by atoms with Gasteiger partial charge in [0.2, 0.25) is 11.0 Å². The molecule has 2 N–H and O–H groups in total. The maximum Gasteiger partial charge on any atom is 0.258 e. The van der Waals surface area contributed by atoms with Crippen LogP contribution in [-0.4, -0.2) is 27.8 Å². The Balaban J connectivity index is 1.36. The van der Waals surface area contributed by atoms with Crippen molar-refractivity contribution < 1.29 is 9.59 Å². The number of carbonyl (C=O) groups excluding carboxylic acids is 2. The lowest BCUT2D eigenvalue weighted by Crippen LogP contribution is -2.13. The van der Waals surface area contributed by atoms with Gasteiger partial charge in [0.05, 0.1) is 5.75 Å². The highest BCUT2D eigenvalue weighted by molar-refractivity contribution is 8.01. The molecule has 8 heteroatoms. The quantitative estimate of drug-likeness (QED) is 0.330. The van der Waals surface area contributed by atoms with E-state index in [2.05, 4.69) is 20.8 Å². The highest BCUT2D eigenvalue weighted by Crippen LogP contribution is 2.27. The second kappa shape index (κ2) is 9.06. The Morgan fingerprint density at radius 1 is 0.967 bits per heavy atom. The van der Waals surface area contributed by atoms with Crippen LogP contribution in [0.1, 0.15) is 15.9 Å².